The zero-order valence-corrected chi connectivity index (χ0v) is 11.5. The van der Waals surface area contributed by atoms with Crippen molar-refractivity contribution in [3.8, 4) is 0 Å². The summed E-state index contributed by atoms with van der Waals surface area (Å²) < 4.78 is 5.48. The zero-order chi connectivity index (χ0) is 13.5. The number of rotatable bonds is 4. The maximum Gasteiger partial charge on any atom is 0.240 e. The first-order valence-corrected chi connectivity index (χ1v) is 6.49. The molecule has 0 aliphatic heterocycles. The lowest BCUT2D eigenvalue weighted by molar-refractivity contribution is -0.127. The van der Waals surface area contributed by atoms with E-state index in [1.54, 1.807) is 0 Å². The molecule has 4 heteroatoms. The van der Waals surface area contributed by atoms with Gasteiger partial charge in [-0.3, -0.25) is 4.79 Å². The molecule has 3 N–H and O–H groups in total. The number of hydrogen-bond acceptors (Lipinski definition) is 3. The molecule has 0 saturated heterocycles. The smallest absolute Gasteiger partial charge is 0.240 e. The van der Waals surface area contributed by atoms with Crippen LogP contribution in [0.25, 0.3) is 0 Å². The molecule has 100 valence electrons. The molecule has 1 aromatic rings. The van der Waals surface area contributed by atoms with Gasteiger partial charge < -0.3 is 15.5 Å². The van der Waals surface area contributed by atoms with Gasteiger partial charge in [0.1, 0.15) is 11.5 Å². The third-order valence-corrected chi connectivity index (χ3v) is 3.81. The van der Waals surface area contributed by atoms with Gasteiger partial charge in [0.05, 0.1) is 11.6 Å². The van der Waals surface area contributed by atoms with E-state index in [1.165, 1.54) is 0 Å². The van der Waals surface area contributed by atoms with Crippen LogP contribution in [0.2, 0.25) is 0 Å². The highest BCUT2D eigenvalue weighted by Gasteiger charge is 2.44. The van der Waals surface area contributed by atoms with Crippen molar-refractivity contribution in [3.63, 3.8) is 0 Å². The molecule has 1 heterocycles. The Bertz CT molecular complexity index is 458. The summed E-state index contributed by atoms with van der Waals surface area (Å²) in [7, 11) is 0. The molecule has 0 radical (unpaired) electrons. The second kappa shape index (κ2) is 4.43. The SMILES string of the molecule is Cc1cc(C(C)NC(=O)C(C)(N)C2CC2)c(C)o1. The Kier molecular flexibility index (Phi) is 3.23. The van der Waals surface area contributed by atoms with Crippen LogP contribution in [-0.4, -0.2) is 11.4 Å². The summed E-state index contributed by atoms with van der Waals surface area (Å²) in [5, 5.41) is 2.99. The number of aryl methyl sites for hydroxylation is 2. The van der Waals surface area contributed by atoms with Crippen molar-refractivity contribution >= 4 is 5.91 Å². The molecule has 0 bridgehead atoms. The van der Waals surface area contributed by atoms with E-state index in [0.29, 0.717) is 5.92 Å². The Morgan fingerprint density at radius 2 is 2.17 bits per heavy atom. The second-order valence-electron chi connectivity index (χ2n) is 5.62. The first kappa shape index (κ1) is 13.1. The van der Waals surface area contributed by atoms with Crippen LogP contribution in [0.5, 0.6) is 0 Å². The molecule has 18 heavy (non-hydrogen) atoms. The molecule has 1 saturated carbocycles. The molecule has 1 amide bonds. The van der Waals surface area contributed by atoms with Crippen molar-refractivity contribution in [2.75, 3.05) is 0 Å². The maximum absolute atomic E-state index is 12.2. The van der Waals surface area contributed by atoms with Crippen LogP contribution in [0.3, 0.4) is 0 Å². The average molecular weight is 250 g/mol. The largest absolute Gasteiger partial charge is 0.466 e. The van der Waals surface area contributed by atoms with E-state index in [9.17, 15) is 4.79 Å². The van der Waals surface area contributed by atoms with Crippen molar-refractivity contribution in [1.82, 2.24) is 5.32 Å². The van der Waals surface area contributed by atoms with E-state index in [4.69, 9.17) is 10.2 Å². The molecule has 4 nitrogen and oxygen atoms in total. The highest BCUT2D eigenvalue weighted by molar-refractivity contribution is 5.86. The number of carbonyl (C=O) groups excluding carboxylic acids is 1. The van der Waals surface area contributed by atoms with Gasteiger partial charge in [0.2, 0.25) is 5.91 Å². The lowest BCUT2D eigenvalue weighted by atomic mass is 9.95. The van der Waals surface area contributed by atoms with Gasteiger partial charge in [-0.05, 0) is 52.5 Å². The van der Waals surface area contributed by atoms with Crippen molar-refractivity contribution in [2.45, 2.75) is 52.1 Å². The minimum absolute atomic E-state index is 0.0726. The lowest BCUT2D eigenvalue weighted by Crippen LogP contribution is -2.53. The van der Waals surface area contributed by atoms with Gasteiger partial charge >= 0.3 is 0 Å². The van der Waals surface area contributed by atoms with Crippen LogP contribution in [0, 0.1) is 19.8 Å². The van der Waals surface area contributed by atoms with Crippen LogP contribution in [0.4, 0.5) is 0 Å². The molecule has 0 aromatic carbocycles. The lowest BCUT2D eigenvalue weighted by Gasteiger charge is -2.25. The fourth-order valence-electron chi connectivity index (χ4n) is 2.38. The molecule has 2 rings (SSSR count). The topological polar surface area (TPSA) is 68.3 Å². The first-order valence-electron chi connectivity index (χ1n) is 6.49. The van der Waals surface area contributed by atoms with Gasteiger partial charge in [-0.15, -0.1) is 0 Å². The van der Waals surface area contributed by atoms with E-state index in [-0.39, 0.29) is 11.9 Å². The summed E-state index contributed by atoms with van der Waals surface area (Å²) in [4.78, 5) is 12.2. The van der Waals surface area contributed by atoms with E-state index in [0.717, 1.165) is 29.9 Å². The molecule has 1 fully saturated rings. The first-order chi connectivity index (χ1) is 8.32. The van der Waals surface area contributed by atoms with Crippen molar-refractivity contribution < 1.29 is 9.21 Å². The summed E-state index contributed by atoms with van der Waals surface area (Å²) in [5.41, 5.74) is 6.37. The van der Waals surface area contributed by atoms with Gasteiger partial charge in [-0.1, -0.05) is 0 Å². The quantitative estimate of drug-likeness (QED) is 0.860. The van der Waals surface area contributed by atoms with E-state index >= 15 is 0 Å². The Morgan fingerprint density at radius 1 is 1.56 bits per heavy atom. The number of furan rings is 1. The van der Waals surface area contributed by atoms with E-state index in [2.05, 4.69) is 5.32 Å². The maximum atomic E-state index is 12.2. The zero-order valence-electron chi connectivity index (χ0n) is 11.5. The fourth-order valence-corrected chi connectivity index (χ4v) is 2.38. The number of carbonyl (C=O) groups is 1. The van der Waals surface area contributed by atoms with Crippen LogP contribution >= 0.6 is 0 Å². The Hall–Kier alpha value is -1.29. The molecule has 2 unspecified atom stereocenters. The Labute approximate surface area is 108 Å². The van der Waals surface area contributed by atoms with Crippen LogP contribution < -0.4 is 11.1 Å². The van der Waals surface area contributed by atoms with E-state index < -0.39 is 5.54 Å². The predicted octanol–water partition coefficient (Wildman–Crippen LogP) is 2.20. The number of nitrogens with two attached hydrogens (primary N) is 1. The third kappa shape index (κ3) is 2.43. The summed E-state index contributed by atoms with van der Waals surface area (Å²) in [5.74, 6) is 1.97. The van der Waals surface area contributed by atoms with E-state index in [1.807, 2.05) is 33.8 Å². The minimum atomic E-state index is -0.749. The summed E-state index contributed by atoms with van der Waals surface area (Å²) in [6.45, 7) is 7.59. The number of hydrogen-bond donors (Lipinski definition) is 2. The summed E-state index contributed by atoms with van der Waals surface area (Å²) in [6.07, 6.45) is 2.11. The Balaban J connectivity index is 2.05. The molecule has 1 aliphatic rings. The molecule has 1 aromatic heterocycles. The highest BCUT2D eigenvalue weighted by atomic mass is 16.3. The summed E-state index contributed by atoms with van der Waals surface area (Å²) in [6, 6.07) is 1.89. The monoisotopic (exact) mass is 250 g/mol. The predicted molar refractivity (Wildman–Crippen MR) is 70.1 cm³/mol. The fraction of sp³-hybridized carbons (Fsp3) is 0.643. The van der Waals surface area contributed by atoms with Crippen LogP contribution in [-0.2, 0) is 4.79 Å². The molecule has 0 spiro atoms. The van der Waals surface area contributed by atoms with Gasteiger partial charge in [-0.25, -0.2) is 0 Å². The average Bonchev–Trinajstić information content (AvgIpc) is 3.05. The van der Waals surface area contributed by atoms with Gasteiger partial charge in [-0.2, -0.15) is 0 Å². The van der Waals surface area contributed by atoms with Crippen LogP contribution in [0.15, 0.2) is 10.5 Å². The molecular formula is C14H22N2O2. The molecular weight excluding hydrogens is 228 g/mol. The summed E-state index contributed by atoms with van der Waals surface area (Å²) >= 11 is 0. The normalized spacial score (nSPS) is 20.3. The third-order valence-electron chi connectivity index (χ3n) is 3.81. The second-order valence-corrected chi connectivity index (χ2v) is 5.62. The van der Waals surface area contributed by atoms with Crippen LogP contribution in [0.1, 0.15) is 49.8 Å². The van der Waals surface area contributed by atoms with Crippen molar-refractivity contribution in [3.05, 3.63) is 23.2 Å². The number of amides is 1. The van der Waals surface area contributed by atoms with Crippen molar-refractivity contribution in [1.29, 1.82) is 0 Å². The molecule has 2 atom stereocenters. The number of nitrogens with one attached hydrogen (secondary N) is 1. The van der Waals surface area contributed by atoms with Gasteiger partial charge in [0, 0.05) is 5.56 Å². The highest BCUT2D eigenvalue weighted by Crippen LogP contribution is 2.38. The minimum Gasteiger partial charge on any atom is -0.466 e. The standard InChI is InChI=1S/C14H22N2O2/c1-8-7-12(10(3)18-8)9(2)16-13(17)14(4,15)11-5-6-11/h7,9,11H,5-6,15H2,1-4H3,(H,16,17). The Morgan fingerprint density at radius 3 is 2.61 bits per heavy atom. The molecule has 1 aliphatic carbocycles. The van der Waals surface area contributed by atoms with Gasteiger partial charge in [0.25, 0.3) is 0 Å². The van der Waals surface area contributed by atoms with Crippen molar-refractivity contribution in [2.24, 2.45) is 11.7 Å². The van der Waals surface area contributed by atoms with Gasteiger partial charge in [0.15, 0.2) is 0 Å².